The van der Waals surface area contributed by atoms with E-state index in [0.29, 0.717) is 18.1 Å². The summed E-state index contributed by atoms with van der Waals surface area (Å²) in [7, 11) is 0. The quantitative estimate of drug-likeness (QED) is 0.575. The Kier molecular flexibility index (Phi) is 5.67. The van der Waals surface area contributed by atoms with Crippen LogP contribution in [0.3, 0.4) is 0 Å². The van der Waals surface area contributed by atoms with Gasteiger partial charge in [-0.2, -0.15) is 0 Å². The Bertz CT molecular complexity index is 715. The lowest BCUT2D eigenvalue weighted by atomic mass is 9.60. The number of nitrogens with two attached hydrogens (primary N) is 1. The molecule has 1 fully saturated rings. The summed E-state index contributed by atoms with van der Waals surface area (Å²) in [4.78, 5) is 12.6. The summed E-state index contributed by atoms with van der Waals surface area (Å²) >= 11 is 0. The molecule has 2 aliphatic carbocycles. The van der Waals surface area contributed by atoms with E-state index in [1.165, 1.54) is 18.9 Å². The molecule has 0 spiro atoms. The molecule has 0 radical (unpaired) electrons. The molecule has 150 valence electrons. The number of carbonyl (C=O) groups excluding carboxylic acids is 1. The Morgan fingerprint density at radius 3 is 2.78 bits per heavy atom. The van der Waals surface area contributed by atoms with Gasteiger partial charge in [-0.3, -0.25) is 4.79 Å². The predicted octanol–water partition coefficient (Wildman–Crippen LogP) is 5.28. The normalized spacial score (nSPS) is 28.1. The zero-order valence-electron chi connectivity index (χ0n) is 17.2. The molecular weight excluding hydrogens is 341 g/mol. The maximum atomic E-state index is 15.0. The maximum Gasteiger partial charge on any atom is 0.316 e. The predicted molar refractivity (Wildman–Crippen MR) is 106 cm³/mol. The van der Waals surface area contributed by atoms with Crippen LogP contribution < -0.4 is 10.5 Å². The van der Waals surface area contributed by atoms with Gasteiger partial charge in [0.1, 0.15) is 11.6 Å². The Labute approximate surface area is 162 Å². The average Bonchev–Trinajstić information content (AvgIpc) is 2.59. The molecule has 3 rings (SSSR count). The van der Waals surface area contributed by atoms with Crippen molar-refractivity contribution in [1.29, 1.82) is 0 Å². The second kappa shape index (κ2) is 7.54. The molecule has 0 unspecified atom stereocenters. The Morgan fingerprint density at radius 2 is 2.07 bits per heavy atom. The van der Waals surface area contributed by atoms with Gasteiger partial charge in [0.25, 0.3) is 0 Å². The van der Waals surface area contributed by atoms with E-state index in [1.807, 2.05) is 26.8 Å². The highest BCUT2D eigenvalue weighted by molar-refractivity contribution is 5.78. The fourth-order valence-corrected chi connectivity index (χ4v) is 5.11. The van der Waals surface area contributed by atoms with Gasteiger partial charge in [0.05, 0.1) is 5.41 Å². The van der Waals surface area contributed by atoms with Gasteiger partial charge < -0.3 is 10.5 Å². The second-order valence-electron chi connectivity index (χ2n) is 9.46. The van der Waals surface area contributed by atoms with Crippen LogP contribution in [0.2, 0.25) is 0 Å². The van der Waals surface area contributed by atoms with Crippen LogP contribution >= 0.6 is 0 Å². The summed E-state index contributed by atoms with van der Waals surface area (Å²) in [6, 6.07) is 3.29. The van der Waals surface area contributed by atoms with Gasteiger partial charge >= 0.3 is 5.97 Å². The molecule has 0 aromatic heterocycles. The molecule has 2 N–H and O–H groups in total. The van der Waals surface area contributed by atoms with Gasteiger partial charge in [-0.25, -0.2) is 4.39 Å². The van der Waals surface area contributed by atoms with Gasteiger partial charge in [-0.05, 0) is 62.6 Å². The van der Waals surface area contributed by atoms with Crippen molar-refractivity contribution in [3.8, 4) is 5.75 Å². The number of ether oxygens (including phenoxy) is 1. The summed E-state index contributed by atoms with van der Waals surface area (Å²) in [5.41, 5.74) is 7.57. The van der Waals surface area contributed by atoms with Gasteiger partial charge in [0.15, 0.2) is 0 Å². The third-order valence-corrected chi connectivity index (χ3v) is 6.90. The lowest BCUT2D eigenvalue weighted by Crippen LogP contribution is -2.53. The average molecular weight is 376 g/mol. The van der Waals surface area contributed by atoms with Crippen LogP contribution in [0.4, 0.5) is 4.39 Å². The number of halogens is 1. The second-order valence-corrected chi connectivity index (χ2v) is 9.46. The minimum absolute atomic E-state index is 0.0205. The summed E-state index contributed by atoms with van der Waals surface area (Å²) in [6.45, 7) is 7.97. The van der Waals surface area contributed by atoms with E-state index in [-0.39, 0.29) is 23.2 Å². The monoisotopic (exact) mass is 375 g/mol. The molecule has 3 atom stereocenters. The van der Waals surface area contributed by atoms with Crippen LogP contribution in [0.15, 0.2) is 12.1 Å². The fraction of sp³-hybridized carbons (Fsp3) is 0.696. The molecular formula is C23H34FNO2. The third-order valence-electron chi connectivity index (χ3n) is 6.90. The highest BCUT2D eigenvalue weighted by Crippen LogP contribution is 2.47. The number of carbonyl (C=O) groups is 1. The Morgan fingerprint density at radius 1 is 1.33 bits per heavy atom. The third kappa shape index (κ3) is 3.78. The number of fused-ring (bicyclic) bond motifs is 4. The standard InChI is InChI=1S/C23H34FNO2/c1-5-10-22(2,3)21(26)27-16-13-18-17(19(24)14-16)12-15-9-7-6-8-11-23(18,4)20(15)25/h13-15,20H,5-12,25H2,1-4H3/t15-,20-,23+/m0/s1. The number of rotatable bonds is 4. The number of hydrogen-bond acceptors (Lipinski definition) is 3. The van der Waals surface area contributed by atoms with E-state index in [9.17, 15) is 4.79 Å². The van der Waals surface area contributed by atoms with Crippen molar-refractivity contribution in [2.75, 3.05) is 0 Å². The minimum atomic E-state index is -0.577. The lowest BCUT2D eigenvalue weighted by molar-refractivity contribution is -0.144. The molecule has 2 bridgehead atoms. The molecule has 27 heavy (non-hydrogen) atoms. The molecule has 2 aliphatic rings. The molecule has 0 heterocycles. The Balaban J connectivity index is 1.97. The lowest BCUT2D eigenvalue weighted by Gasteiger charge is -2.47. The molecule has 3 nitrogen and oxygen atoms in total. The first-order valence-corrected chi connectivity index (χ1v) is 10.5. The molecule has 1 saturated carbocycles. The van der Waals surface area contributed by atoms with E-state index in [2.05, 4.69) is 6.92 Å². The first-order valence-electron chi connectivity index (χ1n) is 10.5. The summed E-state index contributed by atoms with van der Waals surface area (Å²) in [6.07, 6.45) is 7.83. The van der Waals surface area contributed by atoms with Gasteiger partial charge in [0, 0.05) is 17.5 Å². The van der Waals surface area contributed by atoms with Crippen molar-refractivity contribution < 1.29 is 13.9 Å². The van der Waals surface area contributed by atoms with Crippen LogP contribution in [0, 0.1) is 17.2 Å². The van der Waals surface area contributed by atoms with Crippen molar-refractivity contribution in [1.82, 2.24) is 0 Å². The molecule has 1 aromatic carbocycles. The van der Waals surface area contributed by atoms with Crippen molar-refractivity contribution in [3.63, 3.8) is 0 Å². The maximum absolute atomic E-state index is 15.0. The van der Waals surface area contributed by atoms with Crippen molar-refractivity contribution in [3.05, 3.63) is 29.1 Å². The largest absolute Gasteiger partial charge is 0.426 e. The van der Waals surface area contributed by atoms with E-state index in [0.717, 1.165) is 43.2 Å². The van der Waals surface area contributed by atoms with Crippen molar-refractivity contribution >= 4 is 5.97 Å². The van der Waals surface area contributed by atoms with Gasteiger partial charge in [-0.1, -0.05) is 39.5 Å². The Hall–Kier alpha value is -1.42. The molecule has 4 heteroatoms. The molecule has 0 aliphatic heterocycles. The first-order chi connectivity index (χ1) is 12.7. The zero-order chi connectivity index (χ0) is 19.8. The minimum Gasteiger partial charge on any atom is -0.426 e. The fourth-order valence-electron chi connectivity index (χ4n) is 5.11. The van der Waals surface area contributed by atoms with Crippen molar-refractivity contribution in [2.24, 2.45) is 17.1 Å². The van der Waals surface area contributed by atoms with E-state index < -0.39 is 5.41 Å². The highest BCUT2D eigenvalue weighted by atomic mass is 19.1. The van der Waals surface area contributed by atoms with Crippen LogP contribution in [-0.2, 0) is 16.6 Å². The van der Waals surface area contributed by atoms with Crippen LogP contribution in [-0.4, -0.2) is 12.0 Å². The van der Waals surface area contributed by atoms with Crippen LogP contribution in [0.1, 0.15) is 83.8 Å². The number of hydrogen-bond donors (Lipinski definition) is 1. The molecule has 1 aromatic rings. The number of esters is 1. The van der Waals surface area contributed by atoms with E-state index >= 15 is 4.39 Å². The number of benzene rings is 1. The molecule has 0 amide bonds. The molecule has 0 saturated heterocycles. The summed E-state index contributed by atoms with van der Waals surface area (Å²) in [5.74, 6) is 0.0837. The van der Waals surface area contributed by atoms with Crippen LogP contribution in [0.25, 0.3) is 0 Å². The van der Waals surface area contributed by atoms with Crippen LogP contribution in [0.5, 0.6) is 5.75 Å². The first kappa shape index (κ1) is 20.3. The van der Waals surface area contributed by atoms with Gasteiger partial charge in [0.2, 0.25) is 0 Å². The summed E-state index contributed by atoms with van der Waals surface area (Å²) < 4.78 is 20.7. The summed E-state index contributed by atoms with van der Waals surface area (Å²) in [5, 5.41) is 0. The van der Waals surface area contributed by atoms with Gasteiger partial charge in [-0.15, -0.1) is 0 Å². The topological polar surface area (TPSA) is 52.3 Å². The van der Waals surface area contributed by atoms with E-state index in [1.54, 1.807) is 0 Å². The van der Waals surface area contributed by atoms with Crippen molar-refractivity contribution in [2.45, 2.75) is 90.5 Å². The highest BCUT2D eigenvalue weighted by Gasteiger charge is 2.45. The van der Waals surface area contributed by atoms with E-state index in [4.69, 9.17) is 10.5 Å². The zero-order valence-corrected chi connectivity index (χ0v) is 17.2. The SMILES string of the molecule is CCCC(C)(C)C(=O)Oc1cc(F)c2c(c1)[C@@]1(C)CCCCC[C@@H](C2)[C@@H]1N. The smallest absolute Gasteiger partial charge is 0.316 e.